The van der Waals surface area contributed by atoms with Crippen molar-refractivity contribution < 1.29 is 14.3 Å². The molecule has 0 aliphatic carbocycles. The number of rotatable bonds is 6. The molecule has 1 aromatic carbocycles. The van der Waals surface area contributed by atoms with Gasteiger partial charge in [0.05, 0.1) is 0 Å². The normalized spacial score (nSPS) is 23.8. The summed E-state index contributed by atoms with van der Waals surface area (Å²) in [6.07, 6.45) is 4.52. The Morgan fingerprint density at radius 3 is 2.72 bits per heavy atom. The summed E-state index contributed by atoms with van der Waals surface area (Å²) in [7, 11) is 0. The van der Waals surface area contributed by atoms with Crippen LogP contribution in [-0.2, 0) is 4.79 Å². The molecule has 0 aromatic heterocycles. The zero-order valence-electron chi connectivity index (χ0n) is 14.8. The number of carbonyl (C=O) groups is 2. The second-order valence-corrected chi connectivity index (χ2v) is 6.83. The van der Waals surface area contributed by atoms with E-state index in [0.29, 0.717) is 23.4 Å². The maximum atomic E-state index is 13.1. The molecule has 2 aliphatic heterocycles. The average Bonchev–Trinajstić information content (AvgIpc) is 3.27. The molecule has 3 rings (SSSR count). The first-order chi connectivity index (χ1) is 12.1. The molecular formula is C19H27N3O3. The molecule has 0 bridgehead atoms. The summed E-state index contributed by atoms with van der Waals surface area (Å²) in [6.45, 7) is 5.00. The summed E-state index contributed by atoms with van der Waals surface area (Å²) in [5.41, 5.74) is 5.71. The first-order valence-corrected chi connectivity index (χ1v) is 9.16. The van der Waals surface area contributed by atoms with E-state index >= 15 is 0 Å². The van der Waals surface area contributed by atoms with Crippen LogP contribution in [0.25, 0.3) is 0 Å². The van der Waals surface area contributed by atoms with Crippen molar-refractivity contribution in [2.45, 2.75) is 44.7 Å². The van der Waals surface area contributed by atoms with E-state index in [1.165, 1.54) is 12.8 Å². The Hall–Kier alpha value is -2.08. The minimum atomic E-state index is -0.530. The molecule has 6 heteroatoms. The third kappa shape index (κ3) is 3.95. The van der Waals surface area contributed by atoms with E-state index in [1.54, 1.807) is 24.3 Å². The number of hydrogen-bond donors (Lipinski definition) is 1. The molecule has 25 heavy (non-hydrogen) atoms. The molecule has 0 unspecified atom stereocenters. The first kappa shape index (κ1) is 17.7. The van der Waals surface area contributed by atoms with Crippen molar-refractivity contribution >= 4 is 11.8 Å². The lowest BCUT2D eigenvalue weighted by Crippen LogP contribution is -2.48. The third-order valence-corrected chi connectivity index (χ3v) is 5.29. The largest absolute Gasteiger partial charge is 0.484 e. The molecule has 2 aliphatic rings. The predicted molar refractivity (Wildman–Crippen MR) is 95.5 cm³/mol. The quantitative estimate of drug-likeness (QED) is 0.850. The number of primary amides is 1. The van der Waals surface area contributed by atoms with Gasteiger partial charge in [-0.15, -0.1) is 0 Å². The van der Waals surface area contributed by atoms with E-state index in [2.05, 4.69) is 11.8 Å². The number of amides is 2. The maximum absolute atomic E-state index is 13.1. The SMILES string of the molecule is CCN1CCC[C@@H]1[C@H]1CCCN1C(=O)c1cccc(OCC(N)=O)c1. The van der Waals surface area contributed by atoms with Crippen LogP contribution in [0.15, 0.2) is 24.3 Å². The monoisotopic (exact) mass is 345 g/mol. The van der Waals surface area contributed by atoms with Gasteiger partial charge in [0.1, 0.15) is 5.75 Å². The summed E-state index contributed by atoms with van der Waals surface area (Å²) in [5.74, 6) is 0.0173. The lowest BCUT2D eigenvalue weighted by Gasteiger charge is -2.34. The van der Waals surface area contributed by atoms with E-state index in [4.69, 9.17) is 10.5 Å². The molecule has 2 saturated heterocycles. The number of likely N-dealkylation sites (tertiary alicyclic amines) is 2. The van der Waals surface area contributed by atoms with Crippen LogP contribution in [-0.4, -0.2) is 59.9 Å². The van der Waals surface area contributed by atoms with Crippen LogP contribution < -0.4 is 10.5 Å². The van der Waals surface area contributed by atoms with Crippen molar-refractivity contribution in [2.75, 3.05) is 26.2 Å². The van der Waals surface area contributed by atoms with Crippen molar-refractivity contribution in [3.63, 3.8) is 0 Å². The Kier molecular flexibility index (Phi) is 5.58. The molecule has 2 atom stereocenters. The van der Waals surface area contributed by atoms with Gasteiger partial charge in [0, 0.05) is 24.2 Å². The van der Waals surface area contributed by atoms with Gasteiger partial charge in [-0.1, -0.05) is 13.0 Å². The van der Waals surface area contributed by atoms with E-state index in [9.17, 15) is 9.59 Å². The molecule has 2 heterocycles. The van der Waals surface area contributed by atoms with Crippen LogP contribution in [0.3, 0.4) is 0 Å². The highest BCUT2D eigenvalue weighted by atomic mass is 16.5. The Morgan fingerprint density at radius 1 is 1.20 bits per heavy atom. The van der Waals surface area contributed by atoms with Gasteiger partial charge < -0.3 is 15.4 Å². The highest BCUT2D eigenvalue weighted by molar-refractivity contribution is 5.95. The molecule has 2 amide bonds. The molecule has 6 nitrogen and oxygen atoms in total. The van der Waals surface area contributed by atoms with Gasteiger partial charge in [-0.3, -0.25) is 14.5 Å². The minimum absolute atomic E-state index is 0.0509. The fourth-order valence-corrected chi connectivity index (χ4v) is 4.16. The fraction of sp³-hybridized carbons (Fsp3) is 0.579. The number of nitrogens with zero attached hydrogens (tertiary/aromatic N) is 2. The van der Waals surface area contributed by atoms with E-state index in [-0.39, 0.29) is 12.5 Å². The molecule has 0 radical (unpaired) electrons. The lowest BCUT2D eigenvalue weighted by molar-refractivity contribution is -0.119. The van der Waals surface area contributed by atoms with Crippen LogP contribution in [0.2, 0.25) is 0 Å². The standard InChI is InChI=1S/C19H27N3O3/c1-2-21-10-4-8-16(21)17-9-5-11-22(17)19(24)14-6-3-7-15(12-14)25-13-18(20)23/h3,6-7,12,16-17H,2,4-5,8-11,13H2,1H3,(H2,20,23)/t16-,17-/m1/s1. The van der Waals surface area contributed by atoms with Crippen molar-refractivity contribution in [3.05, 3.63) is 29.8 Å². The first-order valence-electron chi connectivity index (χ1n) is 9.16. The Bertz CT molecular complexity index is 634. The topological polar surface area (TPSA) is 75.9 Å². The Morgan fingerprint density at radius 2 is 1.96 bits per heavy atom. The van der Waals surface area contributed by atoms with Gasteiger partial charge in [0.25, 0.3) is 11.8 Å². The highest BCUT2D eigenvalue weighted by Crippen LogP contribution is 2.31. The summed E-state index contributed by atoms with van der Waals surface area (Å²) in [6, 6.07) is 7.80. The maximum Gasteiger partial charge on any atom is 0.255 e. The molecule has 0 saturated carbocycles. The van der Waals surface area contributed by atoms with Crippen LogP contribution in [0.4, 0.5) is 0 Å². The smallest absolute Gasteiger partial charge is 0.255 e. The molecule has 2 N–H and O–H groups in total. The summed E-state index contributed by atoms with van der Waals surface area (Å²) in [5, 5.41) is 0. The van der Waals surface area contributed by atoms with E-state index < -0.39 is 5.91 Å². The molecule has 136 valence electrons. The van der Waals surface area contributed by atoms with Gasteiger partial charge >= 0.3 is 0 Å². The number of ether oxygens (including phenoxy) is 1. The number of nitrogens with two attached hydrogens (primary N) is 1. The van der Waals surface area contributed by atoms with Crippen molar-refractivity contribution in [3.8, 4) is 5.75 Å². The predicted octanol–water partition coefficient (Wildman–Crippen LogP) is 1.64. The molecule has 1 aromatic rings. The van der Waals surface area contributed by atoms with Gasteiger partial charge in [-0.25, -0.2) is 0 Å². The number of hydrogen-bond acceptors (Lipinski definition) is 4. The number of likely N-dealkylation sites (N-methyl/N-ethyl adjacent to an activating group) is 1. The zero-order chi connectivity index (χ0) is 17.8. The van der Waals surface area contributed by atoms with Crippen molar-refractivity contribution in [1.29, 1.82) is 0 Å². The van der Waals surface area contributed by atoms with Crippen LogP contribution in [0.5, 0.6) is 5.75 Å². The fourth-order valence-electron chi connectivity index (χ4n) is 4.16. The van der Waals surface area contributed by atoms with Gasteiger partial charge in [0.15, 0.2) is 6.61 Å². The summed E-state index contributed by atoms with van der Waals surface area (Å²) in [4.78, 5) is 28.5. The summed E-state index contributed by atoms with van der Waals surface area (Å²) < 4.78 is 5.33. The minimum Gasteiger partial charge on any atom is -0.484 e. The molecular weight excluding hydrogens is 318 g/mol. The number of carbonyl (C=O) groups excluding carboxylic acids is 2. The van der Waals surface area contributed by atoms with Crippen molar-refractivity contribution in [1.82, 2.24) is 9.80 Å². The highest BCUT2D eigenvalue weighted by Gasteiger charge is 2.39. The molecule has 0 spiro atoms. The zero-order valence-corrected chi connectivity index (χ0v) is 14.8. The lowest BCUT2D eigenvalue weighted by atomic mass is 10.0. The second kappa shape index (κ2) is 7.87. The molecule has 2 fully saturated rings. The average molecular weight is 345 g/mol. The van der Waals surface area contributed by atoms with Gasteiger partial charge in [-0.2, -0.15) is 0 Å². The van der Waals surface area contributed by atoms with E-state index in [0.717, 1.165) is 32.5 Å². The third-order valence-electron chi connectivity index (χ3n) is 5.29. The van der Waals surface area contributed by atoms with Crippen LogP contribution >= 0.6 is 0 Å². The Labute approximate surface area is 148 Å². The van der Waals surface area contributed by atoms with Gasteiger partial charge in [-0.05, 0) is 57.0 Å². The Balaban J connectivity index is 1.73. The van der Waals surface area contributed by atoms with Crippen LogP contribution in [0, 0.1) is 0 Å². The number of benzene rings is 1. The second-order valence-electron chi connectivity index (χ2n) is 6.83. The van der Waals surface area contributed by atoms with Crippen molar-refractivity contribution in [2.24, 2.45) is 5.73 Å². The van der Waals surface area contributed by atoms with Crippen LogP contribution in [0.1, 0.15) is 43.0 Å². The van der Waals surface area contributed by atoms with Gasteiger partial charge in [0.2, 0.25) is 0 Å². The summed E-state index contributed by atoms with van der Waals surface area (Å²) >= 11 is 0. The van der Waals surface area contributed by atoms with E-state index in [1.807, 2.05) is 4.90 Å².